The number of nitrogens with one attached hydrogen (secondary N) is 1. The summed E-state index contributed by atoms with van der Waals surface area (Å²) in [6.07, 6.45) is -0.769. The summed E-state index contributed by atoms with van der Waals surface area (Å²) < 4.78 is 5.69. The van der Waals surface area contributed by atoms with Crippen LogP contribution in [0.2, 0.25) is 5.02 Å². The SMILES string of the molecule is Cc1cc(OC(C)C(=O)Nc2ccc(Cl)c([N+](=O)[O-])c2)ccc1C(C)C. The van der Waals surface area contributed by atoms with E-state index in [1.54, 1.807) is 6.92 Å². The van der Waals surface area contributed by atoms with Gasteiger partial charge in [-0.2, -0.15) is 0 Å². The Kier molecular flexibility index (Phi) is 6.21. The summed E-state index contributed by atoms with van der Waals surface area (Å²) >= 11 is 5.77. The molecular weight excluding hydrogens is 356 g/mol. The van der Waals surface area contributed by atoms with Crippen LogP contribution in [0, 0.1) is 17.0 Å². The lowest BCUT2D eigenvalue weighted by atomic mass is 9.98. The lowest BCUT2D eigenvalue weighted by molar-refractivity contribution is -0.384. The Morgan fingerprint density at radius 1 is 1.19 bits per heavy atom. The molecule has 1 amide bonds. The van der Waals surface area contributed by atoms with E-state index in [2.05, 4.69) is 19.2 Å². The van der Waals surface area contributed by atoms with Gasteiger partial charge in [0.2, 0.25) is 0 Å². The highest BCUT2D eigenvalue weighted by Crippen LogP contribution is 2.28. The third-order valence-corrected chi connectivity index (χ3v) is 4.28. The molecule has 0 saturated heterocycles. The second kappa shape index (κ2) is 8.19. The molecule has 0 aliphatic carbocycles. The number of aryl methyl sites for hydroxylation is 1. The molecule has 0 heterocycles. The van der Waals surface area contributed by atoms with Gasteiger partial charge in [-0.3, -0.25) is 14.9 Å². The number of hydrogen-bond donors (Lipinski definition) is 1. The largest absolute Gasteiger partial charge is 0.481 e. The molecule has 2 aromatic carbocycles. The van der Waals surface area contributed by atoms with Crippen molar-refractivity contribution in [2.24, 2.45) is 0 Å². The molecule has 0 aliphatic heterocycles. The monoisotopic (exact) mass is 376 g/mol. The van der Waals surface area contributed by atoms with Gasteiger partial charge in [-0.1, -0.05) is 31.5 Å². The third kappa shape index (κ3) is 4.73. The van der Waals surface area contributed by atoms with Gasteiger partial charge in [-0.15, -0.1) is 0 Å². The highest BCUT2D eigenvalue weighted by atomic mass is 35.5. The van der Waals surface area contributed by atoms with E-state index >= 15 is 0 Å². The van der Waals surface area contributed by atoms with Gasteiger partial charge in [0.25, 0.3) is 11.6 Å². The molecule has 138 valence electrons. The highest BCUT2D eigenvalue weighted by molar-refractivity contribution is 6.32. The topological polar surface area (TPSA) is 81.5 Å². The Bertz CT molecular complexity index is 836. The van der Waals surface area contributed by atoms with Crippen LogP contribution in [0.3, 0.4) is 0 Å². The number of nitrogens with zero attached hydrogens (tertiary/aromatic N) is 1. The van der Waals surface area contributed by atoms with E-state index in [1.165, 1.54) is 23.8 Å². The van der Waals surface area contributed by atoms with Crippen LogP contribution >= 0.6 is 11.6 Å². The van der Waals surface area contributed by atoms with Crippen molar-refractivity contribution in [3.05, 3.63) is 62.7 Å². The summed E-state index contributed by atoms with van der Waals surface area (Å²) in [5.74, 6) is 0.592. The van der Waals surface area contributed by atoms with Crippen molar-refractivity contribution < 1.29 is 14.5 Å². The van der Waals surface area contributed by atoms with E-state index in [0.717, 1.165) is 5.56 Å². The van der Waals surface area contributed by atoms with Gasteiger partial charge in [0.15, 0.2) is 6.10 Å². The van der Waals surface area contributed by atoms with Crippen LogP contribution in [0.1, 0.15) is 37.8 Å². The Morgan fingerprint density at radius 3 is 2.46 bits per heavy atom. The van der Waals surface area contributed by atoms with Crippen LogP contribution in [0.5, 0.6) is 5.75 Å². The minimum atomic E-state index is -0.769. The second-order valence-corrected chi connectivity index (χ2v) is 6.75. The first-order chi connectivity index (χ1) is 12.2. The Labute approximate surface area is 157 Å². The molecule has 26 heavy (non-hydrogen) atoms. The van der Waals surface area contributed by atoms with Gasteiger partial charge in [-0.05, 0) is 55.2 Å². The molecule has 0 bridgehead atoms. The maximum atomic E-state index is 12.3. The zero-order chi connectivity index (χ0) is 19.4. The molecule has 7 heteroatoms. The number of benzene rings is 2. The molecule has 1 atom stereocenters. The standard InChI is InChI=1S/C19H21ClN2O4/c1-11(2)16-7-6-15(9-12(16)3)26-13(4)19(23)21-14-5-8-17(20)18(10-14)22(24)25/h5-11,13H,1-4H3,(H,21,23). The number of carbonyl (C=O) groups excluding carboxylic acids is 1. The van der Waals surface area contributed by atoms with Crippen molar-refractivity contribution in [1.82, 2.24) is 0 Å². The number of carbonyl (C=O) groups is 1. The fourth-order valence-electron chi connectivity index (χ4n) is 2.60. The van der Waals surface area contributed by atoms with Crippen LogP contribution in [-0.4, -0.2) is 16.9 Å². The molecule has 1 unspecified atom stereocenters. The average Bonchev–Trinajstić information content (AvgIpc) is 2.55. The first-order valence-electron chi connectivity index (χ1n) is 8.21. The number of amides is 1. The van der Waals surface area contributed by atoms with Gasteiger partial charge < -0.3 is 10.1 Å². The Morgan fingerprint density at radius 2 is 1.88 bits per heavy atom. The summed E-state index contributed by atoms with van der Waals surface area (Å²) in [5.41, 5.74) is 2.34. The van der Waals surface area contributed by atoms with E-state index in [4.69, 9.17) is 16.3 Å². The normalized spacial score (nSPS) is 11.9. The van der Waals surface area contributed by atoms with Crippen LogP contribution < -0.4 is 10.1 Å². The van der Waals surface area contributed by atoms with Gasteiger partial charge in [0.05, 0.1) is 4.92 Å². The minimum absolute atomic E-state index is 0.0121. The van der Waals surface area contributed by atoms with Crippen LogP contribution in [-0.2, 0) is 4.79 Å². The average molecular weight is 377 g/mol. The lowest BCUT2D eigenvalue weighted by Gasteiger charge is -2.17. The fraction of sp³-hybridized carbons (Fsp3) is 0.316. The third-order valence-electron chi connectivity index (χ3n) is 3.96. The molecule has 1 N–H and O–H groups in total. The summed E-state index contributed by atoms with van der Waals surface area (Å²) in [4.78, 5) is 22.6. The van der Waals surface area contributed by atoms with Crippen molar-refractivity contribution in [2.45, 2.75) is 39.7 Å². The maximum absolute atomic E-state index is 12.3. The molecule has 2 aromatic rings. The molecule has 0 spiro atoms. The number of hydrogen-bond acceptors (Lipinski definition) is 4. The first kappa shape index (κ1) is 19.7. The zero-order valence-corrected chi connectivity index (χ0v) is 15.8. The van der Waals surface area contributed by atoms with Gasteiger partial charge in [0, 0.05) is 11.8 Å². The number of rotatable bonds is 6. The minimum Gasteiger partial charge on any atom is -0.481 e. The quantitative estimate of drug-likeness (QED) is 0.562. The van der Waals surface area contributed by atoms with Crippen LogP contribution in [0.25, 0.3) is 0 Å². The van der Waals surface area contributed by atoms with Crippen LogP contribution in [0.4, 0.5) is 11.4 Å². The fourth-order valence-corrected chi connectivity index (χ4v) is 2.79. The Balaban J connectivity index is 2.07. The number of nitro benzene ring substituents is 1. The predicted molar refractivity (Wildman–Crippen MR) is 102 cm³/mol. The van der Waals surface area contributed by atoms with E-state index < -0.39 is 16.9 Å². The van der Waals surface area contributed by atoms with Gasteiger partial charge >= 0.3 is 0 Å². The molecule has 2 rings (SSSR count). The van der Waals surface area contributed by atoms with E-state index in [0.29, 0.717) is 11.7 Å². The number of ether oxygens (including phenoxy) is 1. The molecule has 0 aromatic heterocycles. The predicted octanol–water partition coefficient (Wildman–Crippen LogP) is 5.09. The number of nitro groups is 1. The first-order valence-corrected chi connectivity index (χ1v) is 8.59. The molecule has 0 radical (unpaired) electrons. The van der Waals surface area contributed by atoms with Crippen molar-refractivity contribution in [2.75, 3.05) is 5.32 Å². The van der Waals surface area contributed by atoms with Crippen LogP contribution in [0.15, 0.2) is 36.4 Å². The summed E-state index contributed by atoms with van der Waals surface area (Å²) in [6, 6.07) is 9.80. The van der Waals surface area contributed by atoms with Crippen molar-refractivity contribution in [1.29, 1.82) is 0 Å². The lowest BCUT2D eigenvalue weighted by Crippen LogP contribution is -2.30. The Hall–Kier alpha value is -2.60. The summed E-state index contributed by atoms with van der Waals surface area (Å²) in [5, 5.41) is 13.5. The number of halogens is 1. The maximum Gasteiger partial charge on any atom is 0.289 e. The smallest absolute Gasteiger partial charge is 0.289 e. The van der Waals surface area contributed by atoms with Crippen molar-refractivity contribution >= 4 is 28.9 Å². The molecule has 0 saturated carbocycles. The van der Waals surface area contributed by atoms with Gasteiger partial charge in [-0.25, -0.2) is 0 Å². The molecular formula is C19H21ClN2O4. The van der Waals surface area contributed by atoms with Gasteiger partial charge in [0.1, 0.15) is 10.8 Å². The molecule has 6 nitrogen and oxygen atoms in total. The van der Waals surface area contributed by atoms with E-state index in [1.807, 2.05) is 25.1 Å². The van der Waals surface area contributed by atoms with E-state index in [-0.39, 0.29) is 16.4 Å². The molecule has 0 aliphatic rings. The van der Waals surface area contributed by atoms with Crippen molar-refractivity contribution in [3.8, 4) is 5.75 Å². The summed E-state index contributed by atoms with van der Waals surface area (Å²) in [6.45, 7) is 7.85. The molecule has 0 fully saturated rings. The summed E-state index contributed by atoms with van der Waals surface area (Å²) in [7, 11) is 0. The second-order valence-electron chi connectivity index (χ2n) is 6.35. The van der Waals surface area contributed by atoms with Crippen molar-refractivity contribution in [3.63, 3.8) is 0 Å². The van der Waals surface area contributed by atoms with E-state index in [9.17, 15) is 14.9 Å². The zero-order valence-electron chi connectivity index (χ0n) is 15.1. The number of anilines is 1. The highest BCUT2D eigenvalue weighted by Gasteiger charge is 2.18.